The molecule has 1 aromatic carbocycles. The van der Waals surface area contributed by atoms with E-state index in [1.807, 2.05) is 13.8 Å². The van der Waals surface area contributed by atoms with Crippen LogP contribution in [0.1, 0.15) is 19.4 Å². The van der Waals surface area contributed by atoms with Crippen LogP contribution in [0.2, 0.25) is 0 Å². The van der Waals surface area contributed by atoms with Gasteiger partial charge in [0.15, 0.2) is 5.84 Å². The van der Waals surface area contributed by atoms with E-state index in [-0.39, 0.29) is 17.6 Å². The van der Waals surface area contributed by atoms with Crippen molar-refractivity contribution in [3.63, 3.8) is 0 Å². The number of nitrogens with zero attached hydrogens (tertiary/aromatic N) is 2. The summed E-state index contributed by atoms with van der Waals surface area (Å²) in [6.45, 7) is 3.76. The summed E-state index contributed by atoms with van der Waals surface area (Å²) < 4.78 is 0. The lowest BCUT2D eigenvalue weighted by atomic mass is 10.1. The summed E-state index contributed by atoms with van der Waals surface area (Å²) in [6.07, 6.45) is 0. The number of hydrogen-bond donors (Lipinski definition) is 2. The van der Waals surface area contributed by atoms with Gasteiger partial charge in [-0.3, -0.25) is 10.1 Å². The highest BCUT2D eigenvalue weighted by Crippen LogP contribution is 2.13. The van der Waals surface area contributed by atoms with Gasteiger partial charge in [0.2, 0.25) is 0 Å². The van der Waals surface area contributed by atoms with Crippen LogP contribution < -0.4 is 5.32 Å². The highest BCUT2D eigenvalue weighted by molar-refractivity contribution is 5.99. The quantitative estimate of drug-likeness (QED) is 0.268. The third kappa shape index (κ3) is 2.94. The highest BCUT2D eigenvalue weighted by Gasteiger charge is 2.10. The minimum atomic E-state index is -0.492. The van der Waals surface area contributed by atoms with E-state index in [0.29, 0.717) is 5.56 Å². The Hall–Kier alpha value is -2.11. The van der Waals surface area contributed by atoms with Gasteiger partial charge in [0, 0.05) is 23.7 Å². The maximum atomic E-state index is 10.6. The molecule has 0 heterocycles. The average molecular weight is 223 g/mol. The van der Waals surface area contributed by atoms with Gasteiger partial charge in [0.25, 0.3) is 5.69 Å². The molecule has 16 heavy (non-hydrogen) atoms. The van der Waals surface area contributed by atoms with Gasteiger partial charge in [0.05, 0.1) is 4.92 Å². The molecule has 0 amide bonds. The van der Waals surface area contributed by atoms with Crippen molar-refractivity contribution in [1.29, 1.82) is 0 Å². The van der Waals surface area contributed by atoms with E-state index >= 15 is 0 Å². The first kappa shape index (κ1) is 12.0. The van der Waals surface area contributed by atoms with Crippen molar-refractivity contribution in [3.8, 4) is 0 Å². The number of amidine groups is 1. The van der Waals surface area contributed by atoms with Crippen LogP contribution >= 0.6 is 0 Å². The number of nitro groups is 1. The summed E-state index contributed by atoms with van der Waals surface area (Å²) in [7, 11) is 0. The van der Waals surface area contributed by atoms with Crippen molar-refractivity contribution in [1.82, 2.24) is 5.32 Å². The van der Waals surface area contributed by atoms with E-state index in [4.69, 9.17) is 5.21 Å². The molecule has 0 radical (unpaired) electrons. The van der Waals surface area contributed by atoms with Crippen LogP contribution in [0.25, 0.3) is 0 Å². The molecule has 0 aliphatic rings. The lowest BCUT2D eigenvalue weighted by Gasteiger charge is -2.10. The Morgan fingerprint density at radius 2 is 2.25 bits per heavy atom. The van der Waals surface area contributed by atoms with E-state index in [9.17, 15) is 10.1 Å². The third-order valence-corrected chi connectivity index (χ3v) is 1.86. The van der Waals surface area contributed by atoms with Gasteiger partial charge in [-0.15, -0.1) is 0 Å². The number of hydrogen-bond acceptors (Lipinski definition) is 4. The predicted octanol–water partition coefficient (Wildman–Crippen LogP) is 1.73. The highest BCUT2D eigenvalue weighted by atomic mass is 16.6. The number of rotatable bonds is 3. The monoisotopic (exact) mass is 223 g/mol. The van der Waals surface area contributed by atoms with E-state index < -0.39 is 4.92 Å². The number of nitro benzene ring substituents is 1. The van der Waals surface area contributed by atoms with Gasteiger partial charge in [-0.1, -0.05) is 17.3 Å². The summed E-state index contributed by atoms with van der Waals surface area (Å²) in [5.41, 5.74) is 0.439. The van der Waals surface area contributed by atoms with Crippen LogP contribution in [0.3, 0.4) is 0 Å². The van der Waals surface area contributed by atoms with Crippen molar-refractivity contribution in [2.75, 3.05) is 0 Å². The Labute approximate surface area is 92.7 Å². The zero-order valence-electron chi connectivity index (χ0n) is 9.04. The van der Waals surface area contributed by atoms with Crippen LogP contribution in [0.5, 0.6) is 0 Å². The Morgan fingerprint density at radius 3 is 2.75 bits per heavy atom. The van der Waals surface area contributed by atoms with Gasteiger partial charge in [-0.05, 0) is 13.8 Å². The number of benzene rings is 1. The minimum Gasteiger partial charge on any atom is -0.409 e. The van der Waals surface area contributed by atoms with E-state index in [1.165, 1.54) is 12.1 Å². The average Bonchev–Trinajstić information content (AvgIpc) is 2.25. The summed E-state index contributed by atoms with van der Waals surface area (Å²) >= 11 is 0. The predicted molar refractivity (Wildman–Crippen MR) is 59.7 cm³/mol. The summed E-state index contributed by atoms with van der Waals surface area (Å²) in [5, 5.41) is 25.4. The molecule has 0 unspecified atom stereocenters. The maximum Gasteiger partial charge on any atom is 0.270 e. The Kier molecular flexibility index (Phi) is 3.82. The lowest BCUT2D eigenvalue weighted by Crippen LogP contribution is -2.31. The second-order valence-corrected chi connectivity index (χ2v) is 3.56. The van der Waals surface area contributed by atoms with Gasteiger partial charge in [-0.2, -0.15) is 0 Å². The molecule has 0 saturated heterocycles. The Balaban J connectivity index is 3.02. The zero-order chi connectivity index (χ0) is 12.1. The van der Waals surface area contributed by atoms with Crippen molar-refractivity contribution < 1.29 is 10.1 Å². The summed E-state index contributed by atoms with van der Waals surface area (Å²) in [6, 6.07) is 5.99. The van der Waals surface area contributed by atoms with Crippen LogP contribution in [0.15, 0.2) is 29.4 Å². The standard InChI is InChI=1S/C10H13N3O3/c1-7(2)11-10(12-14)8-4-3-5-9(6-8)13(15)16/h3-7,14H,1-2H3,(H,11,12). The molecule has 1 aromatic rings. The molecule has 0 aliphatic carbocycles. The molecule has 0 bridgehead atoms. The van der Waals surface area contributed by atoms with Crippen molar-refractivity contribution in [2.24, 2.45) is 5.16 Å². The minimum absolute atomic E-state index is 0.0378. The Morgan fingerprint density at radius 1 is 1.56 bits per heavy atom. The second kappa shape index (κ2) is 5.11. The molecule has 2 N–H and O–H groups in total. The Bertz CT molecular complexity index is 416. The SMILES string of the molecule is CC(C)N/C(=N/O)c1cccc([N+](=O)[O-])c1. The van der Waals surface area contributed by atoms with Crippen molar-refractivity contribution >= 4 is 11.5 Å². The largest absolute Gasteiger partial charge is 0.409 e. The van der Waals surface area contributed by atoms with Crippen molar-refractivity contribution in [2.45, 2.75) is 19.9 Å². The van der Waals surface area contributed by atoms with Gasteiger partial charge >= 0.3 is 0 Å². The molecule has 1 rings (SSSR count). The first-order valence-corrected chi connectivity index (χ1v) is 4.78. The first-order valence-electron chi connectivity index (χ1n) is 4.78. The molecule has 6 heteroatoms. The van der Waals surface area contributed by atoms with Crippen LogP contribution in [0.4, 0.5) is 5.69 Å². The number of oxime groups is 1. The normalized spacial score (nSPS) is 11.6. The fourth-order valence-electron chi connectivity index (χ4n) is 1.21. The number of nitrogens with one attached hydrogen (secondary N) is 1. The van der Waals surface area contributed by atoms with Crippen molar-refractivity contribution in [3.05, 3.63) is 39.9 Å². The summed E-state index contributed by atoms with van der Waals surface area (Å²) in [4.78, 5) is 10.1. The molecule has 0 saturated carbocycles. The molecule has 0 spiro atoms. The molecule has 0 aliphatic heterocycles. The topological polar surface area (TPSA) is 87.8 Å². The zero-order valence-corrected chi connectivity index (χ0v) is 9.04. The van der Waals surface area contributed by atoms with Crippen LogP contribution in [-0.4, -0.2) is 22.0 Å². The van der Waals surface area contributed by atoms with E-state index in [0.717, 1.165) is 0 Å². The molecule has 0 fully saturated rings. The molecule has 6 nitrogen and oxygen atoms in total. The molecule has 86 valence electrons. The first-order chi connectivity index (χ1) is 7.54. The molecular weight excluding hydrogens is 210 g/mol. The van der Waals surface area contributed by atoms with E-state index in [1.54, 1.807) is 12.1 Å². The van der Waals surface area contributed by atoms with Gasteiger partial charge in [0.1, 0.15) is 0 Å². The van der Waals surface area contributed by atoms with Gasteiger partial charge < -0.3 is 10.5 Å². The lowest BCUT2D eigenvalue weighted by molar-refractivity contribution is -0.384. The van der Waals surface area contributed by atoms with Crippen LogP contribution in [0, 0.1) is 10.1 Å². The third-order valence-electron chi connectivity index (χ3n) is 1.86. The molecule has 0 atom stereocenters. The van der Waals surface area contributed by atoms with Crippen LogP contribution in [-0.2, 0) is 0 Å². The smallest absolute Gasteiger partial charge is 0.270 e. The fourth-order valence-corrected chi connectivity index (χ4v) is 1.21. The fraction of sp³-hybridized carbons (Fsp3) is 0.300. The summed E-state index contributed by atoms with van der Waals surface area (Å²) in [5.74, 6) is 0.221. The molecular formula is C10H13N3O3. The maximum absolute atomic E-state index is 10.6. The van der Waals surface area contributed by atoms with Gasteiger partial charge in [-0.25, -0.2) is 0 Å². The number of non-ortho nitro benzene ring substituents is 1. The van der Waals surface area contributed by atoms with E-state index in [2.05, 4.69) is 10.5 Å². The molecule has 0 aromatic heterocycles. The second-order valence-electron chi connectivity index (χ2n) is 3.56.